The molecule has 0 N–H and O–H groups in total. The molecule has 1 aliphatic heterocycles. The summed E-state index contributed by atoms with van der Waals surface area (Å²) >= 11 is 3.89. The van der Waals surface area contributed by atoms with Crippen LogP contribution in [0.3, 0.4) is 0 Å². The van der Waals surface area contributed by atoms with Gasteiger partial charge in [-0.15, -0.1) is 0 Å². The van der Waals surface area contributed by atoms with Crippen LogP contribution < -0.4 is 0 Å². The van der Waals surface area contributed by atoms with Crippen molar-refractivity contribution in [3.8, 4) is 0 Å². The highest BCUT2D eigenvalue weighted by atomic mass is 79.9. The van der Waals surface area contributed by atoms with E-state index in [1.165, 1.54) is 19.3 Å². The van der Waals surface area contributed by atoms with Crippen molar-refractivity contribution >= 4 is 27.9 Å². The Morgan fingerprint density at radius 2 is 1.95 bits per heavy atom. The topological polar surface area (TPSA) is 52.6 Å². The number of hydrogen-bond donors (Lipinski definition) is 0. The fourth-order valence-electron chi connectivity index (χ4n) is 5.23. The first-order valence-corrected chi connectivity index (χ1v) is 8.34. The van der Waals surface area contributed by atoms with Crippen LogP contribution in [0.2, 0.25) is 0 Å². The van der Waals surface area contributed by atoms with E-state index in [0.717, 1.165) is 19.3 Å². The van der Waals surface area contributed by atoms with Gasteiger partial charge in [-0.1, -0.05) is 15.9 Å². The van der Waals surface area contributed by atoms with Crippen LogP contribution in [-0.4, -0.2) is 29.0 Å². The van der Waals surface area contributed by atoms with Crippen molar-refractivity contribution in [2.75, 3.05) is 6.61 Å². The zero-order valence-electron chi connectivity index (χ0n) is 11.4. The molecule has 5 aliphatic rings. The predicted molar refractivity (Wildman–Crippen MR) is 74.2 cm³/mol. The molecule has 0 unspecified atom stereocenters. The lowest BCUT2D eigenvalue weighted by molar-refractivity contribution is -0.178. The van der Waals surface area contributed by atoms with Crippen molar-refractivity contribution in [3.63, 3.8) is 0 Å². The van der Waals surface area contributed by atoms with E-state index in [2.05, 4.69) is 15.9 Å². The SMILES string of the molecule is O=C1OCC[C@@H]1OC(=O)C12C[C@@H]3C[C@H](CC(Br)(C3)C1)C2. The molecule has 3 atom stereocenters. The van der Waals surface area contributed by atoms with E-state index < -0.39 is 6.10 Å². The minimum atomic E-state index is -0.665. The Labute approximate surface area is 126 Å². The number of ether oxygens (including phenoxy) is 2. The zero-order chi connectivity index (χ0) is 14.0. The van der Waals surface area contributed by atoms with Gasteiger partial charge in [0.15, 0.2) is 0 Å². The van der Waals surface area contributed by atoms with E-state index in [4.69, 9.17) is 9.47 Å². The van der Waals surface area contributed by atoms with Crippen LogP contribution >= 0.6 is 15.9 Å². The summed E-state index contributed by atoms with van der Waals surface area (Å²) in [6.45, 7) is 0.372. The highest BCUT2D eigenvalue weighted by Crippen LogP contribution is 2.64. The van der Waals surface area contributed by atoms with Gasteiger partial charge >= 0.3 is 11.9 Å². The Bertz CT molecular complexity index is 460. The van der Waals surface area contributed by atoms with Crippen molar-refractivity contribution < 1.29 is 19.1 Å². The average molecular weight is 343 g/mol. The third-order valence-electron chi connectivity index (χ3n) is 5.56. The van der Waals surface area contributed by atoms with Crippen LogP contribution in [0.25, 0.3) is 0 Å². The van der Waals surface area contributed by atoms with Gasteiger partial charge < -0.3 is 9.47 Å². The van der Waals surface area contributed by atoms with Gasteiger partial charge in [-0.2, -0.15) is 0 Å². The number of alkyl halides is 1. The molecule has 5 fully saturated rings. The summed E-state index contributed by atoms with van der Waals surface area (Å²) < 4.78 is 10.5. The third-order valence-corrected chi connectivity index (χ3v) is 6.49. The number of carbonyl (C=O) groups is 2. The van der Waals surface area contributed by atoms with Gasteiger partial charge in [-0.05, 0) is 50.4 Å². The zero-order valence-corrected chi connectivity index (χ0v) is 13.0. The predicted octanol–water partition coefficient (Wildman–Crippen LogP) is 2.58. The Morgan fingerprint density at radius 3 is 2.50 bits per heavy atom. The first kappa shape index (κ1) is 13.1. The standard InChI is InChI=1S/C15H19BrO4/c16-15-6-9-3-10(7-15)5-14(4-9,8-15)13(18)20-11-1-2-19-12(11)17/h9-11H,1-8H2/t9-,10-,11-,14?,15?/m0/s1. The molecule has 5 rings (SSSR count). The van der Waals surface area contributed by atoms with Crippen LogP contribution in [0, 0.1) is 17.3 Å². The number of cyclic esters (lactones) is 1. The van der Waals surface area contributed by atoms with Crippen LogP contribution in [0.15, 0.2) is 0 Å². The minimum Gasteiger partial charge on any atom is -0.463 e. The monoisotopic (exact) mass is 342 g/mol. The summed E-state index contributed by atoms with van der Waals surface area (Å²) in [4.78, 5) is 24.2. The summed E-state index contributed by atoms with van der Waals surface area (Å²) in [6, 6.07) is 0. The van der Waals surface area contributed by atoms with Crippen molar-refractivity contribution in [3.05, 3.63) is 0 Å². The van der Waals surface area contributed by atoms with E-state index in [0.29, 0.717) is 24.9 Å². The third kappa shape index (κ3) is 1.92. The molecule has 20 heavy (non-hydrogen) atoms. The van der Waals surface area contributed by atoms with E-state index in [1.54, 1.807) is 0 Å². The highest BCUT2D eigenvalue weighted by Gasteiger charge is 2.61. The maximum atomic E-state index is 12.7. The van der Waals surface area contributed by atoms with E-state index in [9.17, 15) is 9.59 Å². The second-order valence-electron chi connectivity index (χ2n) is 7.24. The van der Waals surface area contributed by atoms with Crippen LogP contribution in [0.5, 0.6) is 0 Å². The molecule has 0 aromatic carbocycles. The molecule has 5 heteroatoms. The van der Waals surface area contributed by atoms with Gasteiger partial charge in [0, 0.05) is 10.7 Å². The molecule has 4 saturated carbocycles. The van der Waals surface area contributed by atoms with Gasteiger partial charge in [0.1, 0.15) is 0 Å². The molecule has 0 spiro atoms. The van der Waals surface area contributed by atoms with Crippen molar-refractivity contribution in [1.82, 2.24) is 0 Å². The second kappa shape index (κ2) is 4.21. The summed E-state index contributed by atoms with van der Waals surface area (Å²) in [6.07, 6.45) is 6.22. The molecule has 0 aromatic heterocycles. The minimum absolute atomic E-state index is 0.131. The first-order chi connectivity index (χ1) is 9.48. The molecule has 1 saturated heterocycles. The molecule has 4 nitrogen and oxygen atoms in total. The van der Waals surface area contributed by atoms with Gasteiger partial charge in [0.25, 0.3) is 0 Å². The summed E-state index contributed by atoms with van der Waals surface area (Å²) in [5.74, 6) is 0.744. The number of hydrogen-bond acceptors (Lipinski definition) is 4. The van der Waals surface area contributed by atoms with Crippen LogP contribution in [-0.2, 0) is 19.1 Å². The lowest BCUT2D eigenvalue weighted by atomic mass is 9.49. The maximum Gasteiger partial charge on any atom is 0.347 e. The molecule has 1 heterocycles. The number of carbonyl (C=O) groups excluding carboxylic acids is 2. The van der Waals surface area contributed by atoms with Crippen LogP contribution in [0.4, 0.5) is 0 Å². The summed E-state index contributed by atoms with van der Waals surface area (Å²) in [7, 11) is 0. The van der Waals surface area contributed by atoms with Gasteiger partial charge in [-0.3, -0.25) is 4.79 Å². The molecule has 4 aliphatic carbocycles. The number of halogens is 1. The van der Waals surface area contributed by atoms with E-state index in [1.807, 2.05) is 0 Å². The fraction of sp³-hybridized carbons (Fsp3) is 0.867. The number of rotatable bonds is 2. The van der Waals surface area contributed by atoms with Crippen LogP contribution in [0.1, 0.15) is 44.9 Å². The Hall–Kier alpha value is -0.580. The molecular formula is C15H19BrO4. The van der Waals surface area contributed by atoms with Crippen molar-refractivity contribution in [2.24, 2.45) is 17.3 Å². The van der Waals surface area contributed by atoms with Gasteiger partial charge in [0.2, 0.25) is 6.10 Å². The smallest absolute Gasteiger partial charge is 0.347 e. The van der Waals surface area contributed by atoms with Crippen molar-refractivity contribution in [2.45, 2.75) is 55.4 Å². The van der Waals surface area contributed by atoms with E-state index >= 15 is 0 Å². The highest BCUT2D eigenvalue weighted by molar-refractivity contribution is 9.10. The summed E-state index contributed by atoms with van der Waals surface area (Å²) in [5.41, 5.74) is -0.351. The molecular weight excluding hydrogens is 324 g/mol. The van der Waals surface area contributed by atoms with Gasteiger partial charge in [-0.25, -0.2) is 4.79 Å². The Morgan fingerprint density at radius 1 is 1.25 bits per heavy atom. The molecule has 4 bridgehead atoms. The molecule has 0 radical (unpaired) electrons. The first-order valence-electron chi connectivity index (χ1n) is 7.55. The average Bonchev–Trinajstić information content (AvgIpc) is 2.71. The fourth-order valence-corrected chi connectivity index (χ4v) is 6.68. The summed E-state index contributed by atoms with van der Waals surface area (Å²) in [5, 5.41) is 0. The number of esters is 2. The maximum absolute atomic E-state index is 12.7. The van der Waals surface area contributed by atoms with Gasteiger partial charge in [0.05, 0.1) is 12.0 Å². The Kier molecular flexibility index (Phi) is 2.76. The quantitative estimate of drug-likeness (QED) is 0.571. The molecule has 0 aromatic rings. The largest absolute Gasteiger partial charge is 0.463 e. The normalized spacial score (nSPS) is 49.2. The molecule has 0 amide bonds. The van der Waals surface area contributed by atoms with E-state index in [-0.39, 0.29) is 21.7 Å². The molecule has 110 valence electrons. The van der Waals surface area contributed by atoms with Crippen molar-refractivity contribution in [1.29, 1.82) is 0 Å². The lowest BCUT2D eigenvalue weighted by Gasteiger charge is -2.58. The Balaban J connectivity index is 1.55. The second-order valence-corrected chi connectivity index (χ2v) is 8.92. The lowest BCUT2D eigenvalue weighted by Crippen LogP contribution is -2.56.